The number of nitrogens with zero attached hydrogens (tertiary/aromatic N) is 4. The topological polar surface area (TPSA) is 31.8 Å². The molecule has 0 bridgehead atoms. The van der Waals surface area contributed by atoms with Crippen LogP contribution in [0.5, 0.6) is 11.5 Å². The molecule has 5 nitrogen and oxygen atoms in total. The summed E-state index contributed by atoms with van der Waals surface area (Å²) in [4.78, 5) is 10.4. The van der Waals surface area contributed by atoms with E-state index in [1.54, 1.807) is 42.0 Å². The molecule has 290 valence electrons. The van der Waals surface area contributed by atoms with Crippen molar-refractivity contribution in [2.45, 2.75) is 0 Å². The Labute approximate surface area is 378 Å². The van der Waals surface area contributed by atoms with Gasteiger partial charge in [-0.2, -0.15) is 12.1 Å². The van der Waals surface area contributed by atoms with Crippen LogP contribution in [0, 0.1) is 18.8 Å². The molecule has 11 rings (SSSR count). The van der Waals surface area contributed by atoms with Gasteiger partial charge in [-0.05, 0) is 47.0 Å². The molecule has 60 heavy (non-hydrogen) atoms. The van der Waals surface area contributed by atoms with Crippen molar-refractivity contribution in [2.24, 2.45) is 0 Å². The summed E-state index contributed by atoms with van der Waals surface area (Å²) in [5.41, 5.74) is 7.86. The zero-order valence-electron chi connectivity index (χ0n) is 41.4. The van der Waals surface area contributed by atoms with Gasteiger partial charge in [0.15, 0.2) is 0 Å². The van der Waals surface area contributed by atoms with Crippen molar-refractivity contribution in [3.8, 4) is 56.0 Å². The van der Waals surface area contributed by atoms with E-state index in [1.807, 2.05) is 95.9 Å². The van der Waals surface area contributed by atoms with Gasteiger partial charge in [0.1, 0.15) is 5.82 Å². The van der Waals surface area contributed by atoms with E-state index in [4.69, 9.17) is 23.4 Å². The summed E-state index contributed by atoms with van der Waals surface area (Å²) in [5, 5.41) is 0. The third kappa shape index (κ3) is 6.53. The normalized spacial score (nSPS) is 14.7. The second-order valence-corrected chi connectivity index (χ2v) is 13.7. The Morgan fingerprint density at radius 1 is 0.483 bits per heavy atom. The molecule has 2 aliphatic heterocycles. The summed E-state index contributed by atoms with van der Waals surface area (Å²) >= 11 is 0. The Morgan fingerprint density at radius 3 is 1.73 bits per heavy atom. The van der Waals surface area contributed by atoms with Crippen LogP contribution in [-0.2, 0) is 20.4 Å². The van der Waals surface area contributed by atoms with Crippen LogP contribution in [0.1, 0.15) is 13.7 Å². The molecule has 0 amide bonds. The van der Waals surface area contributed by atoms with Gasteiger partial charge < -0.3 is 19.4 Å². The van der Waals surface area contributed by atoms with Crippen molar-refractivity contribution in [1.29, 1.82) is 0 Å². The van der Waals surface area contributed by atoms with E-state index in [1.165, 1.54) is 0 Å². The summed E-state index contributed by atoms with van der Waals surface area (Å²) in [6.45, 7) is 1.74. The molecule has 1 aromatic heterocycles. The molecule has 0 spiro atoms. The van der Waals surface area contributed by atoms with E-state index in [0.717, 1.165) is 33.6 Å². The van der Waals surface area contributed by atoms with Crippen LogP contribution >= 0.6 is 0 Å². The fourth-order valence-corrected chi connectivity index (χ4v) is 7.82. The Hall–Kier alpha value is -7.23. The number of anilines is 7. The maximum atomic E-state index is 9.02. The Morgan fingerprint density at radius 2 is 1.05 bits per heavy atom. The van der Waals surface area contributed by atoms with Crippen LogP contribution in [0.2, 0.25) is 0 Å². The number of ether oxygens (including phenoxy) is 1. The number of aromatic nitrogens is 1. The van der Waals surface area contributed by atoms with E-state index in [0.29, 0.717) is 34.4 Å². The molecule has 0 unspecified atom stereocenters. The van der Waals surface area contributed by atoms with E-state index in [9.17, 15) is 0 Å². The monoisotopic (exact) mass is 871 g/mol. The van der Waals surface area contributed by atoms with Gasteiger partial charge in [0.05, 0.1) is 19.4 Å². The van der Waals surface area contributed by atoms with E-state index in [-0.39, 0.29) is 48.4 Å². The molecule has 3 heterocycles. The SMILES string of the molecule is [2H]c1c([2H])c([2H])c(-c2cccc(-c3c([2H])c([2H])c([2H])c([2H])c3[2H])c2N2[CH-]N(c3[c-]c(Oc4[c-]c5c(cc4)-c4ccccc4-c4ccccc4N5c4ccccn4)ccc3)c3ccccc32)c([2H])c1[2H].[Pd]. The zero-order chi connectivity index (χ0) is 47.8. The number of rotatable bonds is 7. The summed E-state index contributed by atoms with van der Waals surface area (Å²) in [6, 6.07) is 45.6. The van der Waals surface area contributed by atoms with Crippen molar-refractivity contribution >= 4 is 39.9 Å². The third-order valence-corrected chi connectivity index (χ3v) is 10.3. The van der Waals surface area contributed by atoms with Crippen LogP contribution in [0.3, 0.4) is 0 Å². The number of benzene rings is 8. The molecule has 0 radical (unpaired) electrons. The van der Waals surface area contributed by atoms with Crippen LogP contribution in [0.15, 0.2) is 206 Å². The first-order valence-corrected chi connectivity index (χ1v) is 18.9. The fourth-order valence-electron chi connectivity index (χ4n) is 7.82. The largest absolute Gasteiger partial charge is 0.509 e. The first-order valence-electron chi connectivity index (χ1n) is 23.9. The summed E-state index contributed by atoms with van der Waals surface area (Å²) < 4.78 is 93.6. The number of hydrogen-bond donors (Lipinski definition) is 0. The molecule has 0 saturated carbocycles. The fraction of sp³-hybridized carbons (Fsp3) is 0. The molecule has 0 N–H and O–H groups in total. The average molecular weight is 872 g/mol. The van der Waals surface area contributed by atoms with Gasteiger partial charge in [-0.15, -0.1) is 48.3 Å². The molecule has 8 aromatic carbocycles. The molecule has 6 heteroatoms. The maximum Gasteiger partial charge on any atom is 0.135 e. The number of para-hydroxylation sites is 4. The predicted molar refractivity (Wildman–Crippen MR) is 240 cm³/mol. The smallest absolute Gasteiger partial charge is 0.135 e. The van der Waals surface area contributed by atoms with Crippen molar-refractivity contribution in [3.63, 3.8) is 0 Å². The standard InChI is InChI=1S/C54H35N4O.Pd/c1-3-17-38(18-4-1)43-26-16-27-44(39-19-5-2-6-20-39)54(43)57-37-56(50-29-11-12-30-51(50)57)40-21-15-22-41(35-40)59-42-32-33-48-46-24-8-7-23-45(46)47-25-9-10-28-49(47)58(52(48)36-42)53-31-13-14-34-55-53;/h1-34,37H;/q-3;/i1D,2D,3D,4D,5D,6D,17D,18D,19D,20D;. The Kier molecular flexibility index (Phi) is 7.25. The third-order valence-electron chi connectivity index (χ3n) is 10.3. The minimum Gasteiger partial charge on any atom is -0.509 e. The van der Waals surface area contributed by atoms with Gasteiger partial charge in [-0.1, -0.05) is 151 Å². The molecule has 2 aliphatic rings. The van der Waals surface area contributed by atoms with E-state index in [2.05, 4.69) is 41.3 Å². The van der Waals surface area contributed by atoms with Gasteiger partial charge in [0.2, 0.25) is 0 Å². The summed E-state index contributed by atoms with van der Waals surface area (Å²) in [7, 11) is 0. The van der Waals surface area contributed by atoms with Crippen LogP contribution < -0.4 is 19.4 Å². The average Bonchev–Trinajstić information content (AvgIpc) is 3.71. The second-order valence-electron chi connectivity index (χ2n) is 13.7. The molecule has 0 aliphatic carbocycles. The van der Waals surface area contributed by atoms with Crippen LogP contribution in [0.25, 0.3) is 44.5 Å². The number of pyridine rings is 1. The van der Waals surface area contributed by atoms with Gasteiger partial charge >= 0.3 is 0 Å². The first kappa shape index (κ1) is 27.5. The number of hydrogen-bond acceptors (Lipinski definition) is 5. The van der Waals surface area contributed by atoms with Crippen LogP contribution in [0.4, 0.5) is 39.9 Å². The van der Waals surface area contributed by atoms with Crippen molar-refractivity contribution in [1.82, 2.24) is 4.98 Å². The summed E-state index contributed by atoms with van der Waals surface area (Å²) in [6.07, 6.45) is 1.76. The minimum absolute atomic E-state index is 0. The van der Waals surface area contributed by atoms with Gasteiger partial charge in [-0.25, -0.2) is 4.98 Å². The Bertz CT molecular complexity index is 3430. The van der Waals surface area contributed by atoms with E-state index < -0.39 is 60.4 Å². The van der Waals surface area contributed by atoms with Crippen molar-refractivity contribution in [3.05, 3.63) is 225 Å². The van der Waals surface area contributed by atoms with E-state index >= 15 is 0 Å². The number of fused-ring (bicyclic) bond motifs is 6. The predicted octanol–water partition coefficient (Wildman–Crippen LogP) is 14.3. The maximum absolute atomic E-state index is 9.02. The summed E-state index contributed by atoms with van der Waals surface area (Å²) in [5.74, 6) is 1.49. The zero-order valence-corrected chi connectivity index (χ0v) is 33.0. The van der Waals surface area contributed by atoms with Crippen molar-refractivity contribution < 1.29 is 38.9 Å². The Balaban J connectivity index is 0.00000567. The van der Waals surface area contributed by atoms with Gasteiger partial charge in [0, 0.05) is 71.9 Å². The first-order chi connectivity index (χ1) is 33.4. The minimum atomic E-state index is -0.566. The second kappa shape index (κ2) is 15.8. The molecule has 0 fully saturated rings. The van der Waals surface area contributed by atoms with Crippen LogP contribution in [-0.4, -0.2) is 4.98 Å². The molecular formula is C54H35N4OPd-3. The van der Waals surface area contributed by atoms with Gasteiger partial charge in [0.25, 0.3) is 0 Å². The van der Waals surface area contributed by atoms with Gasteiger partial charge in [-0.3, -0.25) is 0 Å². The molecule has 9 aromatic rings. The molecular weight excluding hydrogens is 827 g/mol. The van der Waals surface area contributed by atoms with Crippen molar-refractivity contribution in [2.75, 3.05) is 14.7 Å². The quantitative estimate of drug-likeness (QED) is 0.118. The molecule has 0 atom stereocenters. The molecule has 0 saturated heterocycles.